The fraction of sp³-hybridized carbons (Fsp3) is 0.611. The second-order valence-electron chi connectivity index (χ2n) is 7.14. The summed E-state index contributed by atoms with van der Waals surface area (Å²) in [4.78, 5) is 16.7. The van der Waals surface area contributed by atoms with E-state index in [1.165, 1.54) is 5.56 Å². The number of carbonyl (C=O) groups excluding carboxylic acids is 1. The standard InChI is InChI=1S/C18H29N3O2/c1-18(2,13-19)14-20(3)17(22)16-12-21(9-10-23-16)11-15-7-5-4-6-8-15/h4-8,16H,9-14,19H2,1-3H3. The van der Waals surface area contributed by atoms with Crippen molar-refractivity contribution in [1.82, 2.24) is 9.80 Å². The average molecular weight is 319 g/mol. The Bertz CT molecular complexity index is 504. The Morgan fingerprint density at radius 3 is 2.74 bits per heavy atom. The van der Waals surface area contributed by atoms with Crippen LogP contribution in [0.4, 0.5) is 0 Å². The zero-order valence-electron chi connectivity index (χ0n) is 14.5. The molecule has 1 amide bonds. The summed E-state index contributed by atoms with van der Waals surface area (Å²) in [5.74, 6) is 0.0456. The first-order chi connectivity index (χ1) is 10.9. The molecule has 0 spiro atoms. The molecule has 1 heterocycles. The highest BCUT2D eigenvalue weighted by atomic mass is 16.5. The fourth-order valence-corrected chi connectivity index (χ4v) is 2.87. The summed E-state index contributed by atoms with van der Waals surface area (Å²) in [6.07, 6.45) is -0.383. The number of ether oxygens (including phenoxy) is 1. The van der Waals surface area contributed by atoms with Gasteiger partial charge in [-0.1, -0.05) is 44.2 Å². The highest BCUT2D eigenvalue weighted by Crippen LogP contribution is 2.17. The van der Waals surface area contributed by atoms with Crippen LogP contribution in [0.25, 0.3) is 0 Å². The molecule has 2 N–H and O–H groups in total. The maximum atomic E-state index is 12.6. The summed E-state index contributed by atoms with van der Waals surface area (Å²) < 4.78 is 5.71. The Morgan fingerprint density at radius 2 is 2.09 bits per heavy atom. The zero-order chi connectivity index (χ0) is 16.9. The van der Waals surface area contributed by atoms with Crippen LogP contribution in [0.3, 0.4) is 0 Å². The Labute approximate surface area is 139 Å². The zero-order valence-corrected chi connectivity index (χ0v) is 14.5. The van der Waals surface area contributed by atoms with Gasteiger partial charge in [-0.25, -0.2) is 0 Å². The van der Waals surface area contributed by atoms with E-state index < -0.39 is 0 Å². The van der Waals surface area contributed by atoms with E-state index in [-0.39, 0.29) is 17.4 Å². The lowest BCUT2D eigenvalue weighted by atomic mass is 9.93. The van der Waals surface area contributed by atoms with E-state index >= 15 is 0 Å². The molecule has 1 unspecified atom stereocenters. The number of rotatable bonds is 6. The third-order valence-electron chi connectivity index (χ3n) is 4.27. The lowest BCUT2D eigenvalue weighted by Gasteiger charge is -2.36. The number of likely N-dealkylation sites (N-methyl/N-ethyl adjacent to an activating group) is 1. The van der Waals surface area contributed by atoms with Crippen LogP contribution in [-0.4, -0.2) is 61.6 Å². The molecule has 5 nitrogen and oxygen atoms in total. The molecule has 0 aromatic heterocycles. The van der Waals surface area contributed by atoms with Crippen molar-refractivity contribution in [2.75, 3.05) is 39.8 Å². The van der Waals surface area contributed by atoms with Crippen molar-refractivity contribution in [3.63, 3.8) is 0 Å². The Hall–Kier alpha value is -1.43. The smallest absolute Gasteiger partial charge is 0.252 e. The van der Waals surface area contributed by atoms with E-state index in [2.05, 4.69) is 30.9 Å². The quantitative estimate of drug-likeness (QED) is 0.859. The number of hydrogen-bond acceptors (Lipinski definition) is 4. The number of nitrogens with two attached hydrogens (primary N) is 1. The van der Waals surface area contributed by atoms with E-state index in [4.69, 9.17) is 10.5 Å². The first kappa shape index (κ1) is 17.9. The molecule has 0 bridgehead atoms. The van der Waals surface area contributed by atoms with Gasteiger partial charge >= 0.3 is 0 Å². The minimum absolute atomic E-state index is 0.0456. The summed E-state index contributed by atoms with van der Waals surface area (Å²) in [5.41, 5.74) is 6.95. The summed E-state index contributed by atoms with van der Waals surface area (Å²) in [6, 6.07) is 10.3. The Kier molecular flexibility index (Phi) is 6.16. The maximum absolute atomic E-state index is 12.6. The van der Waals surface area contributed by atoms with Crippen molar-refractivity contribution in [1.29, 1.82) is 0 Å². The van der Waals surface area contributed by atoms with Crippen molar-refractivity contribution in [2.24, 2.45) is 11.1 Å². The van der Waals surface area contributed by atoms with Crippen LogP contribution in [0.15, 0.2) is 30.3 Å². The van der Waals surface area contributed by atoms with Crippen molar-refractivity contribution in [3.05, 3.63) is 35.9 Å². The van der Waals surface area contributed by atoms with Crippen molar-refractivity contribution in [2.45, 2.75) is 26.5 Å². The summed E-state index contributed by atoms with van der Waals surface area (Å²) in [5, 5.41) is 0. The van der Waals surface area contributed by atoms with E-state index in [0.29, 0.717) is 26.2 Å². The van der Waals surface area contributed by atoms with Crippen molar-refractivity contribution >= 4 is 5.91 Å². The maximum Gasteiger partial charge on any atom is 0.252 e. The monoisotopic (exact) mass is 319 g/mol. The highest BCUT2D eigenvalue weighted by molar-refractivity contribution is 5.81. The molecule has 1 aliphatic rings. The van der Waals surface area contributed by atoms with Crippen LogP contribution >= 0.6 is 0 Å². The van der Waals surface area contributed by atoms with Gasteiger partial charge in [0, 0.05) is 33.2 Å². The summed E-state index contributed by atoms with van der Waals surface area (Å²) in [6.45, 7) is 8.28. The predicted molar refractivity (Wildman–Crippen MR) is 91.9 cm³/mol. The normalized spacial score (nSPS) is 19.6. The summed E-state index contributed by atoms with van der Waals surface area (Å²) >= 11 is 0. The molecule has 1 aromatic carbocycles. The van der Waals surface area contributed by atoms with Gasteiger partial charge in [0.25, 0.3) is 5.91 Å². The summed E-state index contributed by atoms with van der Waals surface area (Å²) in [7, 11) is 1.83. The largest absolute Gasteiger partial charge is 0.366 e. The van der Waals surface area contributed by atoms with E-state index in [0.717, 1.165) is 13.1 Å². The van der Waals surface area contributed by atoms with Gasteiger partial charge in [-0.3, -0.25) is 9.69 Å². The molecular formula is C18H29N3O2. The molecule has 1 atom stereocenters. The number of carbonyl (C=O) groups is 1. The lowest BCUT2D eigenvalue weighted by molar-refractivity contribution is -0.149. The molecule has 1 aliphatic heterocycles. The molecule has 1 aromatic rings. The van der Waals surface area contributed by atoms with Gasteiger partial charge in [-0.2, -0.15) is 0 Å². The van der Waals surface area contributed by atoms with Gasteiger partial charge in [0.05, 0.1) is 6.61 Å². The first-order valence-corrected chi connectivity index (χ1v) is 8.24. The predicted octanol–water partition coefficient (Wildman–Crippen LogP) is 1.33. The average Bonchev–Trinajstić information content (AvgIpc) is 2.55. The van der Waals surface area contributed by atoms with Crippen LogP contribution in [0.1, 0.15) is 19.4 Å². The second kappa shape index (κ2) is 7.90. The second-order valence-corrected chi connectivity index (χ2v) is 7.14. The highest BCUT2D eigenvalue weighted by Gasteiger charge is 2.31. The Morgan fingerprint density at radius 1 is 1.39 bits per heavy atom. The van der Waals surface area contributed by atoms with Gasteiger partial charge in [0.15, 0.2) is 0 Å². The number of hydrogen-bond donors (Lipinski definition) is 1. The molecule has 0 saturated carbocycles. The molecule has 128 valence electrons. The molecule has 0 radical (unpaired) electrons. The van der Waals surface area contributed by atoms with Gasteiger partial charge in [-0.05, 0) is 17.5 Å². The van der Waals surface area contributed by atoms with Crippen molar-refractivity contribution in [3.8, 4) is 0 Å². The van der Waals surface area contributed by atoms with Gasteiger partial charge in [-0.15, -0.1) is 0 Å². The van der Waals surface area contributed by atoms with Crippen LogP contribution in [0, 0.1) is 5.41 Å². The topological polar surface area (TPSA) is 58.8 Å². The lowest BCUT2D eigenvalue weighted by Crippen LogP contribution is -2.51. The minimum Gasteiger partial charge on any atom is -0.366 e. The van der Waals surface area contributed by atoms with Crippen molar-refractivity contribution < 1.29 is 9.53 Å². The van der Waals surface area contributed by atoms with E-state index in [1.54, 1.807) is 4.90 Å². The SMILES string of the molecule is CN(CC(C)(C)CN)C(=O)C1CN(Cc2ccccc2)CCO1. The molecule has 1 saturated heterocycles. The van der Waals surface area contributed by atoms with Crippen LogP contribution in [0.5, 0.6) is 0 Å². The molecule has 1 fully saturated rings. The molecule has 0 aliphatic carbocycles. The van der Waals surface area contributed by atoms with Crippen LogP contribution in [-0.2, 0) is 16.1 Å². The number of amides is 1. The third kappa shape index (κ3) is 5.30. The van der Waals surface area contributed by atoms with Gasteiger partial charge in [0.1, 0.15) is 6.10 Å². The molecule has 5 heteroatoms. The van der Waals surface area contributed by atoms with Crippen LogP contribution in [0.2, 0.25) is 0 Å². The van der Waals surface area contributed by atoms with E-state index in [1.807, 2.05) is 25.2 Å². The number of nitrogens with zero attached hydrogens (tertiary/aromatic N) is 2. The first-order valence-electron chi connectivity index (χ1n) is 8.24. The van der Waals surface area contributed by atoms with Gasteiger partial charge in [0.2, 0.25) is 0 Å². The fourth-order valence-electron chi connectivity index (χ4n) is 2.87. The van der Waals surface area contributed by atoms with Gasteiger partial charge < -0.3 is 15.4 Å². The number of morpholine rings is 1. The van der Waals surface area contributed by atoms with Crippen LogP contribution < -0.4 is 5.73 Å². The minimum atomic E-state index is -0.383. The Balaban J connectivity index is 1.91. The molecule has 23 heavy (non-hydrogen) atoms. The number of benzene rings is 1. The third-order valence-corrected chi connectivity index (χ3v) is 4.27. The molecular weight excluding hydrogens is 290 g/mol. The molecule has 2 rings (SSSR count). The van der Waals surface area contributed by atoms with E-state index in [9.17, 15) is 4.79 Å².